The van der Waals surface area contributed by atoms with Gasteiger partial charge in [-0.15, -0.1) is 0 Å². The Kier molecular flexibility index (Phi) is 2.85. The van der Waals surface area contributed by atoms with E-state index in [0.717, 1.165) is 19.3 Å². The maximum atomic E-state index is 8.93. The Balaban J connectivity index is 2.27. The molecule has 0 bridgehead atoms. The summed E-state index contributed by atoms with van der Waals surface area (Å²) in [5.74, 6) is 0.296. The van der Waals surface area contributed by atoms with Gasteiger partial charge in [-0.25, -0.2) is 4.98 Å². The molecule has 2 rings (SSSR count). The average Bonchev–Trinajstić information content (AvgIpc) is 2.72. The van der Waals surface area contributed by atoms with Crippen LogP contribution in [0, 0.1) is 11.3 Å². The maximum Gasteiger partial charge on any atom is 0.184 e. The molecule has 0 spiro atoms. The summed E-state index contributed by atoms with van der Waals surface area (Å²) in [4.78, 5) is 3.88. The summed E-state index contributed by atoms with van der Waals surface area (Å²) in [6, 6.07) is 1.90. The van der Waals surface area contributed by atoms with Crippen LogP contribution in [0.5, 0.6) is 0 Å². The second-order valence-electron chi connectivity index (χ2n) is 3.39. The summed E-state index contributed by atoms with van der Waals surface area (Å²) in [7, 11) is 0. The average molecular weight is 208 g/mol. The number of rotatable bonds is 2. The Bertz CT molecular complexity index is 376. The molecule has 1 aromatic rings. The first kappa shape index (κ1) is 9.96. The Hall–Kier alpha value is -1.58. The molecule has 0 amide bonds. The van der Waals surface area contributed by atoms with Crippen molar-refractivity contribution in [2.75, 3.05) is 12.1 Å². The number of hydrogen-bond donors (Lipinski definition) is 2. The number of anilines is 1. The second kappa shape index (κ2) is 4.29. The van der Waals surface area contributed by atoms with Crippen molar-refractivity contribution in [1.82, 2.24) is 9.55 Å². The molecule has 1 aliphatic rings. The molecule has 2 heterocycles. The first-order valence-corrected chi connectivity index (χ1v) is 4.85. The van der Waals surface area contributed by atoms with Crippen LogP contribution in [-0.4, -0.2) is 21.4 Å². The van der Waals surface area contributed by atoms with Gasteiger partial charge in [0, 0.05) is 6.61 Å². The molecule has 6 heteroatoms. The van der Waals surface area contributed by atoms with E-state index in [2.05, 4.69) is 4.98 Å². The SMILES string of the molecule is N#Cc1ncn(C2CCCCO2)c1NO. The van der Waals surface area contributed by atoms with Crippen molar-refractivity contribution in [3.63, 3.8) is 0 Å². The number of ether oxygens (including phenoxy) is 1. The molecule has 1 saturated heterocycles. The third-order valence-electron chi connectivity index (χ3n) is 2.47. The van der Waals surface area contributed by atoms with E-state index >= 15 is 0 Å². The number of aromatic nitrogens is 2. The van der Waals surface area contributed by atoms with Gasteiger partial charge in [0.15, 0.2) is 11.5 Å². The summed E-state index contributed by atoms with van der Waals surface area (Å²) >= 11 is 0. The molecule has 0 saturated carbocycles. The topological polar surface area (TPSA) is 83.1 Å². The van der Waals surface area contributed by atoms with Crippen molar-refractivity contribution in [3.8, 4) is 6.07 Å². The second-order valence-corrected chi connectivity index (χ2v) is 3.39. The molecule has 0 aromatic carbocycles. The van der Waals surface area contributed by atoms with E-state index < -0.39 is 0 Å². The monoisotopic (exact) mass is 208 g/mol. The molecule has 1 unspecified atom stereocenters. The first-order valence-electron chi connectivity index (χ1n) is 4.85. The maximum absolute atomic E-state index is 8.93. The lowest BCUT2D eigenvalue weighted by molar-refractivity contribution is -0.0313. The molecule has 6 nitrogen and oxygen atoms in total. The lowest BCUT2D eigenvalue weighted by Gasteiger charge is -2.24. The lowest BCUT2D eigenvalue weighted by atomic mass is 10.2. The van der Waals surface area contributed by atoms with Crippen molar-refractivity contribution in [2.24, 2.45) is 0 Å². The number of imidazole rings is 1. The molecular weight excluding hydrogens is 196 g/mol. The highest BCUT2D eigenvalue weighted by molar-refractivity contribution is 5.47. The van der Waals surface area contributed by atoms with Gasteiger partial charge >= 0.3 is 0 Å². The van der Waals surface area contributed by atoms with Crippen LogP contribution >= 0.6 is 0 Å². The van der Waals surface area contributed by atoms with Crippen LogP contribution in [0.15, 0.2) is 6.33 Å². The molecule has 1 fully saturated rings. The zero-order valence-corrected chi connectivity index (χ0v) is 8.18. The summed E-state index contributed by atoms with van der Waals surface area (Å²) < 4.78 is 7.18. The number of nitriles is 1. The van der Waals surface area contributed by atoms with E-state index in [4.69, 9.17) is 15.2 Å². The first-order chi connectivity index (χ1) is 7.36. The van der Waals surface area contributed by atoms with Gasteiger partial charge in [0.25, 0.3) is 0 Å². The molecule has 2 N–H and O–H groups in total. The smallest absolute Gasteiger partial charge is 0.184 e. The molecule has 0 radical (unpaired) electrons. The summed E-state index contributed by atoms with van der Waals surface area (Å²) in [6.45, 7) is 0.704. The molecule has 1 aliphatic heterocycles. The Morgan fingerprint density at radius 1 is 1.67 bits per heavy atom. The van der Waals surface area contributed by atoms with Crippen LogP contribution in [0.25, 0.3) is 0 Å². The summed E-state index contributed by atoms with van der Waals surface area (Å²) in [5.41, 5.74) is 2.16. The van der Waals surface area contributed by atoms with Gasteiger partial charge in [-0.2, -0.15) is 5.26 Å². The van der Waals surface area contributed by atoms with Gasteiger partial charge in [0.1, 0.15) is 18.6 Å². The highest BCUT2D eigenvalue weighted by atomic mass is 16.5. The normalized spacial score (nSPS) is 20.9. The van der Waals surface area contributed by atoms with Crippen LogP contribution in [-0.2, 0) is 4.74 Å². The molecule has 1 atom stereocenters. The van der Waals surface area contributed by atoms with Crippen LogP contribution in [0.3, 0.4) is 0 Å². The quantitative estimate of drug-likeness (QED) is 0.715. The highest BCUT2D eigenvalue weighted by Gasteiger charge is 2.20. The van der Waals surface area contributed by atoms with Gasteiger partial charge in [-0.1, -0.05) is 0 Å². The van der Waals surface area contributed by atoms with Gasteiger partial charge < -0.3 is 4.74 Å². The number of nitrogens with one attached hydrogen (secondary N) is 1. The number of hydrogen-bond acceptors (Lipinski definition) is 5. The molecule has 0 aliphatic carbocycles. The van der Waals surface area contributed by atoms with Crippen molar-refractivity contribution in [3.05, 3.63) is 12.0 Å². The van der Waals surface area contributed by atoms with Gasteiger partial charge in [-0.3, -0.25) is 15.3 Å². The third kappa shape index (κ3) is 1.79. The Labute approximate surface area is 87.1 Å². The molecule has 80 valence electrons. The van der Waals surface area contributed by atoms with Gasteiger partial charge in [-0.05, 0) is 19.3 Å². The third-order valence-corrected chi connectivity index (χ3v) is 2.47. The van der Waals surface area contributed by atoms with E-state index in [1.807, 2.05) is 11.5 Å². The van der Waals surface area contributed by atoms with Crippen molar-refractivity contribution in [1.29, 1.82) is 5.26 Å². The van der Waals surface area contributed by atoms with Crippen LogP contribution < -0.4 is 5.48 Å². The molecular formula is C9H12N4O2. The largest absolute Gasteiger partial charge is 0.358 e. The Morgan fingerprint density at radius 2 is 2.53 bits per heavy atom. The summed E-state index contributed by atoms with van der Waals surface area (Å²) in [6.07, 6.45) is 4.37. The van der Waals surface area contributed by atoms with E-state index in [-0.39, 0.29) is 11.9 Å². The van der Waals surface area contributed by atoms with Crippen LogP contribution in [0.4, 0.5) is 5.82 Å². The Morgan fingerprint density at radius 3 is 3.13 bits per heavy atom. The van der Waals surface area contributed by atoms with E-state index in [9.17, 15) is 0 Å². The minimum atomic E-state index is -0.136. The van der Waals surface area contributed by atoms with Crippen molar-refractivity contribution < 1.29 is 9.94 Å². The van der Waals surface area contributed by atoms with E-state index in [1.54, 1.807) is 4.57 Å². The van der Waals surface area contributed by atoms with Gasteiger partial charge in [0.05, 0.1) is 0 Å². The standard InChI is InChI=1S/C9H12N4O2/c10-5-7-9(12-14)13(6-11-7)8-3-1-2-4-15-8/h6,8,12,14H,1-4H2. The summed E-state index contributed by atoms with van der Waals surface area (Å²) in [5, 5.41) is 17.7. The van der Waals surface area contributed by atoms with Crippen molar-refractivity contribution in [2.45, 2.75) is 25.5 Å². The fourth-order valence-electron chi connectivity index (χ4n) is 1.72. The molecule has 15 heavy (non-hydrogen) atoms. The molecule has 1 aromatic heterocycles. The zero-order chi connectivity index (χ0) is 10.7. The predicted octanol–water partition coefficient (Wildman–Crippen LogP) is 1.25. The number of nitrogens with zero attached hydrogens (tertiary/aromatic N) is 3. The fourth-order valence-corrected chi connectivity index (χ4v) is 1.72. The predicted molar refractivity (Wildman–Crippen MR) is 51.2 cm³/mol. The lowest BCUT2D eigenvalue weighted by Crippen LogP contribution is -2.19. The minimum absolute atomic E-state index is 0.136. The van der Waals surface area contributed by atoms with Crippen LogP contribution in [0.1, 0.15) is 31.2 Å². The van der Waals surface area contributed by atoms with Crippen LogP contribution in [0.2, 0.25) is 0 Å². The van der Waals surface area contributed by atoms with E-state index in [0.29, 0.717) is 12.4 Å². The minimum Gasteiger partial charge on any atom is -0.358 e. The fraction of sp³-hybridized carbons (Fsp3) is 0.556. The highest BCUT2D eigenvalue weighted by Crippen LogP contribution is 2.27. The zero-order valence-electron chi connectivity index (χ0n) is 8.18. The van der Waals surface area contributed by atoms with Crippen molar-refractivity contribution >= 4 is 5.82 Å². The van der Waals surface area contributed by atoms with Gasteiger partial charge in [0.2, 0.25) is 0 Å². The van der Waals surface area contributed by atoms with E-state index in [1.165, 1.54) is 6.33 Å².